The topological polar surface area (TPSA) is 79.0 Å². The van der Waals surface area contributed by atoms with Crippen LogP contribution in [0.3, 0.4) is 0 Å². The van der Waals surface area contributed by atoms with Crippen molar-refractivity contribution in [3.8, 4) is 5.75 Å². The van der Waals surface area contributed by atoms with Crippen molar-refractivity contribution in [3.05, 3.63) is 70.9 Å². The van der Waals surface area contributed by atoms with Crippen LogP contribution in [0.5, 0.6) is 5.75 Å². The molecule has 3 aromatic rings. The number of carbonyl (C=O) groups excluding carboxylic acids is 1. The highest BCUT2D eigenvalue weighted by molar-refractivity contribution is 7.89. The van der Waals surface area contributed by atoms with Crippen LogP contribution in [0, 0.1) is 0 Å². The summed E-state index contributed by atoms with van der Waals surface area (Å²) in [6.07, 6.45) is 0.300. The van der Waals surface area contributed by atoms with Crippen molar-refractivity contribution in [1.82, 2.24) is 4.31 Å². The van der Waals surface area contributed by atoms with Crippen molar-refractivity contribution in [2.45, 2.75) is 11.3 Å². The van der Waals surface area contributed by atoms with E-state index in [0.717, 1.165) is 16.3 Å². The SMILES string of the molecule is COc1ccccc1N1CCN(S(=O)(=O)c2ccc(NC(=O)Cc3cccs3)cc2)CC1. The minimum atomic E-state index is -3.61. The number of hydrogen-bond donors (Lipinski definition) is 1. The average Bonchev–Trinajstić information content (AvgIpc) is 3.32. The molecule has 168 valence electrons. The Labute approximate surface area is 192 Å². The van der Waals surface area contributed by atoms with Crippen LogP contribution in [0.4, 0.5) is 11.4 Å². The minimum absolute atomic E-state index is 0.129. The number of benzene rings is 2. The molecule has 0 atom stereocenters. The summed E-state index contributed by atoms with van der Waals surface area (Å²) in [5.41, 5.74) is 1.54. The Hall–Kier alpha value is -2.88. The number of thiophene rings is 1. The molecule has 1 aromatic heterocycles. The van der Waals surface area contributed by atoms with Gasteiger partial charge in [-0.3, -0.25) is 4.79 Å². The lowest BCUT2D eigenvalue weighted by atomic mass is 10.2. The maximum Gasteiger partial charge on any atom is 0.243 e. The van der Waals surface area contributed by atoms with E-state index in [2.05, 4.69) is 10.2 Å². The second-order valence-electron chi connectivity index (χ2n) is 7.39. The van der Waals surface area contributed by atoms with Gasteiger partial charge in [0.15, 0.2) is 0 Å². The summed E-state index contributed by atoms with van der Waals surface area (Å²) >= 11 is 1.53. The number of nitrogens with one attached hydrogen (secondary N) is 1. The van der Waals surface area contributed by atoms with Crippen molar-refractivity contribution in [2.75, 3.05) is 43.5 Å². The van der Waals surface area contributed by atoms with Gasteiger partial charge in [-0.1, -0.05) is 18.2 Å². The summed E-state index contributed by atoms with van der Waals surface area (Å²) in [5.74, 6) is 0.649. The number of anilines is 2. The first-order chi connectivity index (χ1) is 15.5. The Kier molecular flexibility index (Phi) is 6.78. The van der Waals surface area contributed by atoms with Gasteiger partial charge in [0.05, 0.1) is 24.1 Å². The Balaban J connectivity index is 1.38. The normalized spacial score (nSPS) is 14.8. The molecular weight excluding hydrogens is 446 g/mol. The fourth-order valence-electron chi connectivity index (χ4n) is 3.70. The number of amides is 1. The zero-order chi connectivity index (χ0) is 22.6. The predicted molar refractivity (Wildman–Crippen MR) is 127 cm³/mol. The molecule has 0 unspecified atom stereocenters. The first-order valence-electron chi connectivity index (χ1n) is 10.3. The molecule has 0 spiro atoms. The molecule has 0 saturated carbocycles. The fraction of sp³-hybridized carbons (Fsp3) is 0.261. The van der Waals surface area contributed by atoms with Crippen molar-refractivity contribution in [1.29, 1.82) is 0 Å². The van der Waals surface area contributed by atoms with Crippen LogP contribution in [0.25, 0.3) is 0 Å². The van der Waals surface area contributed by atoms with Crippen molar-refractivity contribution in [3.63, 3.8) is 0 Å². The van der Waals surface area contributed by atoms with Crippen molar-refractivity contribution >= 4 is 38.6 Å². The Morgan fingerprint density at radius 1 is 1.00 bits per heavy atom. The van der Waals surface area contributed by atoms with Crippen LogP contribution in [-0.2, 0) is 21.2 Å². The Bertz CT molecular complexity index is 1150. The number of hydrogen-bond acceptors (Lipinski definition) is 6. The first-order valence-corrected chi connectivity index (χ1v) is 12.6. The fourth-order valence-corrected chi connectivity index (χ4v) is 5.82. The highest BCUT2D eigenvalue weighted by atomic mass is 32.2. The second kappa shape index (κ2) is 9.72. The Morgan fingerprint density at radius 3 is 2.38 bits per heavy atom. The molecule has 2 aromatic carbocycles. The zero-order valence-corrected chi connectivity index (χ0v) is 19.4. The van der Waals surface area contributed by atoms with Crippen LogP contribution in [0.1, 0.15) is 4.88 Å². The van der Waals surface area contributed by atoms with Crippen molar-refractivity contribution < 1.29 is 17.9 Å². The monoisotopic (exact) mass is 471 g/mol. The molecule has 9 heteroatoms. The number of para-hydroxylation sites is 2. The highest BCUT2D eigenvalue weighted by Crippen LogP contribution is 2.29. The van der Waals surface area contributed by atoms with E-state index >= 15 is 0 Å². The van der Waals surface area contributed by atoms with E-state index in [0.29, 0.717) is 38.3 Å². The van der Waals surface area contributed by atoms with Gasteiger partial charge in [-0.2, -0.15) is 4.31 Å². The maximum atomic E-state index is 13.1. The number of methoxy groups -OCH3 is 1. The van der Waals surface area contributed by atoms with Crippen LogP contribution < -0.4 is 15.0 Å². The lowest BCUT2D eigenvalue weighted by Gasteiger charge is -2.35. The third-order valence-electron chi connectivity index (χ3n) is 5.36. The van der Waals surface area contributed by atoms with Gasteiger partial charge < -0.3 is 15.0 Å². The molecule has 0 aliphatic carbocycles. The molecule has 32 heavy (non-hydrogen) atoms. The van der Waals surface area contributed by atoms with E-state index in [1.165, 1.54) is 15.6 Å². The Morgan fingerprint density at radius 2 is 1.72 bits per heavy atom. The van der Waals surface area contributed by atoms with E-state index in [1.54, 1.807) is 31.4 Å². The lowest BCUT2D eigenvalue weighted by molar-refractivity contribution is -0.115. The molecule has 1 N–H and O–H groups in total. The summed E-state index contributed by atoms with van der Waals surface area (Å²) in [6, 6.07) is 17.9. The standard InChI is InChI=1S/C23H25N3O4S2/c1-30-22-7-3-2-6-21(22)25-12-14-26(15-13-25)32(28,29)20-10-8-18(9-11-20)24-23(27)17-19-5-4-16-31-19/h2-11,16H,12-15,17H2,1H3,(H,24,27). The van der Waals surface area contributed by atoms with E-state index in [1.807, 2.05) is 41.8 Å². The van der Waals surface area contributed by atoms with E-state index in [-0.39, 0.29) is 10.8 Å². The van der Waals surface area contributed by atoms with Crippen LogP contribution >= 0.6 is 11.3 Å². The van der Waals surface area contributed by atoms with Crippen LogP contribution in [-0.4, -0.2) is 51.9 Å². The smallest absolute Gasteiger partial charge is 0.243 e. The van der Waals surface area contributed by atoms with Gasteiger partial charge in [0.2, 0.25) is 15.9 Å². The van der Waals surface area contributed by atoms with Gasteiger partial charge in [-0.05, 0) is 47.8 Å². The summed E-state index contributed by atoms with van der Waals surface area (Å²) < 4.78 is 33.1. The average molecular weight is 472 g/mol. The van der Waals surface area contributed by atoms with Crippen LogP contribution in [0.15, 0.2) is 70.9 Å². The molecule has 1 aliphatic heterocycles. The number of ether oxygens (including phenoxy) is 1. The summed E-state index contributed by atoms with van der Waals surface area (Å²) in [7, 11) is -1.97. The number of sulfonamides is 1. The van der Waals surface area contributed by atoms with Gasteiger partial charge in [0.25, 0.3) is 0 Å². The summed E-state index contributed by atoms with van der Waals surface area (Å²) in [4.78, 5) is 15.5. The molecule has 1 aliphatic rings. The predicted octanol–water partition coefficient (Wildman–Crippen LogP) is 3.45. The minimum Gasteiger partial charge on any atom is -0.495 e. The molecule has 0 bridgehead atoms. The van der Waals surface area contributed by atoms with Gasteiger partial charge in [0, 0.05) is 36.7 Å². The van der Waals surface area contributed by atoms with Crippen LogP contribution in [0.2, 0.25) is 0 Å². The van der Waals surface area contributed by atoms with Gasteiger partial charge in [-0.15, -0.1) is 11.3 Å². The first kappa shape index (κ1) is 22.3. The lowest BCUT2D eigenvalue weighted by Crippen LogP contribution is -2.48. The molecule has 1 amide bonds. The number of nitrogens with zero attached hydrogens (tertiary/aromatic N) is 2. The van der Waals surface area contributed by atoms with Gasteiger partial charge in [0.1, 0.15) is 5.75 Å². The number of carbonyl (C=O) groups is 1. The molecule has 1 fully saturated rings. The summed E-state index contributed by atoms with van der Waals surface area (Å²) in [5, 5.41) is 4.74. The number of rotatable bonds is 7. The largest absolute Gasteiger partial charge is 0.495 e. The summed E-state index contributed by atoms with van der Waals surface area (Å²) in [6.45, 7) is 1.94. The molecule has 1 saturated heterocycles. The van der Waals surface area contributed by atoms with Crippen molar-refractivity contribution in [2.24, 2.45) is 0 Å². The zero-order valence-electron chi connectivity index (χ0n) is 17.7. The number of piperazine rings is 1. The molecule has 7 nitrogen and oxygen atoms in total. The molecule has 4 rings (SSSR count). The molecule has 0 radical (unpaired) electrons. The third-order valence-corrected chi connectivity index (χ3v) is 8.14. The quantitative estimate of drug-likeness (QED) is 0.571. The molecular formula is C23H25N3O4S2. The third kappa shape index (κ3) is 4.95. The highest BCUT2D eigenvalue weighted by Gasteiger charge is 2.29. The van der Waals surface area contributed by atoms with E-state index < -0.39 is 10.0 Å². The molecule has 2 heterocycles. The van der Waals surface area contributed by atoms with E-state index in [4.69, 9.17) is 4.74 Å². The van der Waals surface area contributed by atoms with E-state index in [9.17, 15) is 13.2 Å². The maximum absolute atomic E-state index is 13.1. The van der Waals surface area contributed by atoms with Gasteiger partial charge >= 0.3 is 0 Å². The second-order valence-corrected chi connectivity index (χ2v) is 10.4. The van der Waals surface area contributed by atoms with Gasteiger partial charge in [-0.25, -0.2) is 8.42 Å².